The topological polar surface area (TPSA) is 20.2 Å². The SMILES string of the molecule is OC1C=C(Cc2ccc(Br)cc2Cl)CCC1. The molecule has 1 nitrogen and oxygen atoms in total. The Labute approximate surface area is 109 Å². The van der Waals surface area contributed by atoms with Gasteiger partial charge in [-0.2, -0.15) is 0 Å². The number of allylic oxidation sites excluding steroid dienone is 1. The highest BCUT2D eigenvalue weighted by atomic mass is 79.9. The van der Waals surface area contributed by atoms with E-state index in [1.807, 2.05) is 24.3 Å². The van der Waals surface area contributed by atoms with Gasteiger partial charge in [0.25, 0.3) is 0 Å². The zero-order chi connectivity index (χ0) is 11.5. The van der Waals surface area contributed by atoms with Crippen LogP contribution >= 0.6 is 27.5 Å². The molecule has 2 rings (SSSR count). The van der Waals surface area contributed by atoms with Crippen molar-refractivity contribution in [2.45, 2.75) is 31.8 Å². The van der Waals surface area contributed by atoms with Crippen LogP contribution in [0, 0.1) is 0 Å². The van der Waals surface area contributed by atoms with Crippen LogP contribution in [-0.2, 0) is 6.42 Å². The average Bonchev–Trinajstić information content (AvgIpc) is 2.22. The summed E-state index contributed by atoms with van der Waals surface area (Å²) in [5.41, 5.74) is 2.42. The van der Waals surface area contributed by atoms with Crippen LogP contribution < -0.4 is 0 Å². The number of hydrogen-bond donors (Lipinski definition) is 1. The van der Waals surface area contributed by atoms with Gasteiger partial charge in [-0.3, -0.25) is 0 Å². The summed E-state index contributed by atoms with van der Waals surface area (Å²) in [5.74, 6) is 0. The maximum atomic E-state index is 9.55. The lowest BCUT2D eigenvalue weighted by Crippen LogP contribution is -2.10. The molecule has 0 radical (unpaired) electrons. The number of halogens is 2. The van der Waals surface area contributed by atoms with Gasteiger partial charge in [-0.1, -0.05) is 45.2 Å². The molecule has 0 aromatic heterocycles. The molecule has 1 aliphatic carbocycles. The molecule has 3 heteroatoms. The lowest BCUT2D eigenvalue weighted by molar-refractivity contribution is 0.202. The van der Waals surface area contributed by atoms with Gasteiger partial charge in [0.2, 0.25) is 0 Å². The summed E-state index contributed by atoms with van der Waals surface area (Å²) in [7, 11) is 0. The van der Waals surface area contributed by atoms with E-state index >= 15 is 0 Å². The smallest absolute Gasteiger partial charge is 0.0723 e. The number of rotatable bonds is 2. The van der Waals surface area contributed by atoms with Crippen LogP contribution in [0.3, 0.4) is 0 Å². The largest absolute Gasteiger partial charge is 0.389 e. The van der Waals surface area contributed by atoms with Crippen molar-refractivity contribution in [1.82, 2.24) is 0 Å². The fourth-order valence-corrected chi connectivity index (χ4v) is 2.77. The molecule has 0 spiro atoms. The quantitative estimate of drug-likeness (QED) is 0.815. The Kier molecular flexibility index (Phi) is 4.06. The van der Waals surface area contributed by atoms with Crippen molar-refractivity contribution in [2.24, 2.45) is 0 Å². The second kappa shape index (κ2) is 5.35. The van der Waals surface area contributed by atoms with E-state index < -0.39 is 0 Å². The minimum atomic E-state index is -0.266. The first-order valence-electron chi connectivity index (χ1n) is 5.47. The van der Waals surface area contributed by atoms with Crippen molar-refractivity contribution in [3.05, 3.63) is 44.9 Å². The van der Waals surface area contributed by atoms with Crippen molar-refractivity contribution in [1.29, 1.82) is 0 Å². The molecule has 0 saturated heterocycles. The van der Waals surface area contributed by atoms with Gasteiger partial charge in [0, 0.05) is 9.50 Å². The third kappa shape index (κ3) is 3.09. The maximum Gasteiger partial charge on any atom is 0.0723 e. The van der Waals surface area contributed by atoms with Crippen LogP contribution in [0.4, 0.5) is 0 Å². The first-order chi connectivity index (χ1) is 7.65. The average molecular weight is 302 g/mol. The van der Waals surface area contributed by atoms with Gasteiger partial charge in [0.05, 0.1) is 6.10 Å². The predicted octanol–water partition coefficient (Wildman–Crippen LogP) is 4.12. The summed E-state index contributed by atoms with van der Waals surface area (Å²) in [6, 6.07) is 5.95. The van der Waals surface area contributed by atoms with Gasteiger partial charge in [-0.05, 0) is 43.4 Å². The molecule has 1 aromatic rings. The lowest BCUT2D eigenvalue weighted by Gasteiger charge is -2.17. The zero-order valence-corrected chi connectivity index (χ0v) is 11.3. The van der Waals surface area contributed by atoms with E-state index in [1.165, 1.54) is 5.57 Å². The molecule has 1 unspecified atom stereocenters. The van der Waals surface area contributed by atoms with Crippen LogP contribution in [0.15, 0.2) is 34.3 Å². The summed E-state index contributed by atoms with van der Waals surface area (Å²) in [6.45, 7) is 0. The molecule has 0 bridgehead atoms. The van der Waals surface area contributed by atoms with E-state index in [-0.39, 0.29) is 6.10 Å². The third-order valence-electron chi connectivity index (χ3n) is 2.86. The summed E-state index contributed by atoms with van der Waals surface area (Å²) >= 11 is 9.56. The molecule has 0 aliphatic heterocycles. The number of aliphatic hydroxyl groups is 1. The summed E-state index contributed by atoms with van der Waals surface area (Å²) < 4.78 is 0.999. The Balaban J connectivity index is 2.14. The van der Waals surface area contributed by atoms with Gasteiger partial charge in [-0.15, -0.1) is 0 Å². The zero-order valence-electron chi connectivity index (χ0n) is 8.92. The standard InChI is InChI=1S/C13H14BrClO/c14-11-5-4-10(13(15)8-11)6-9-2-1-3-12(16)7-9/h4-5,7-8,12,16H,1-3,6H2. The molecule has 16 heavy (non-hydrogen) atoms. The molecule has 1 atom stereocenters. The van der Waals surface area contributed by atoms with E-state index in [4.69, 9.17) is 11.6 Å². The Morgan fingerprint density at radius 1 is 1.44 bits per heavy atom. The van der Waals surface area contributed by atoms with Gasteiger partial charge >= 0.3 is 0 Å². The van der Waals surface area contributed by atoms with Gasteiger partial charge in [0.15, 0.2) is 0 Å². The second-order valence-corrected chi connectivity index (χ2v) is 5.52. The second-order valence-electron chi connectivity index (χ2n) is 4.20. The Morgan fingerprint density at radius 2 is 2.25 bits per heavy atom. The summed E-state index contributed by atoms with van der Waals surface area (Å²) in [6.07, 6.45) is 5.59. The molecule has 0 amide bonds. The van der Waals surface area contributed by atoms with Crippen LogP contribution in [0.1, 0.15) is 24.8 Å². The van der Waals surface area contributed by atoms with Crippen LogP contribution in [0.2, 0.25) is 5.02 Å². The van der Waals surface area contributed by atoms with Crippen molar-refractivity contribution < 1.29 is 5.11 Å². The highest BCUT2D eigenvalue weighted by Crippen LogP contribution is 2.27. The normalized spacial score (nSPS) is 20.7. The maximum absolute atomic E-state index is 9.55. The Bertz CT molecular complexity index is 414. The minimum absolute atomic E-state index is 0.266. The van der Waals surface area contributed by atoms with Crippen molar-refractivity contribution >= 4 is 27.5 Å². The van der Waals surface area contributed by atoms with E-state index in [0.717, 1.165) is 40.7 Å². The first-order valence-corrected chi connectivity index (χ1v) is 6.64. The highest BCUT2D eigenvalue weighted by Gasteiger charge is 2.12. The number of hydrogen-bond acceptors (Lipinski definition) is 1. The van der Waals surface area contributed by atoms with E-state index in [0.29, 0.717) is 0 Å². The molecule has 1 N–H and O–H groups in total. The van der Waals surface area contributed by atoms with Crippen LogP contribution in [-0.4, -0.2) is 11.2 Å². The Hall–Kier alpha value is -0.310. The Morgan fingerprint density at radius 3 is 2.94 bits per heavy atom. The molecule has 1 aliphatic rings. The molecule has 0 saturated carbocycles. The summed E-state index contributed by atoms with van der Waals surface area (Å²) in [4.78, 5) is 0. The molecular weight excluding hydrogens is 287 g/mol. The fourth-order valence-electron chi connectivity index (χ4n) is 2.03. The first kappa shape index (κ1) is 12.2. The number of aliphatic hydroxyl groups excluding tert-OH is 1. The van der Waals surface area contributed by atoms with E-state index in [9.17, 15) is 5.11 Å². The lowest BCUT2D eigenvalue weighted by atomic mass is 9.93. The van der Waals surface area contributed by atoms with Crippen LogP contribution in [0.25, 0.3) is 0 Å². The fraction of sp³-hybridized carbons (Fsp3) is 0.385. The van der Waals surface area contributed by atoms with Crippen LogP contribution in [0.5, 0.6) is 0 Å². The van der Waals surface area contributed by atoms with E-state index in [2.05, 4.69) is 15.9 Å². The number of benzene rings is 1. The van der Waals surface area contributed by atoms with E-state index in [1.54, 1.807) is 0 Å². The highest BCUT2D eigenvalue weighted by molar-refractivity contribution is 9.10. The van der Waals surface area contributed by atoms with Gasteiger partial charge in [0.1, 0.15) is 0 Å². The molecule has 86 valence electrons. The predicted molar refractivity (Wildman–Crippen MR) is 70.8 cm³/mol. The molecule has 0 heterocycles. The third-order valence-corrected chi connectivity index (χ3v) is 3.70. The van der Waals surface area contributed by atoms with Gasteiger partial charge in [-0.25, -0.2) is 0 Å². The van der Waals surface area contributed by atoms with Gasteiger partial charge < -0.3 is 5.11 Å². The monoisotopic (exact) mass is 300 g/mol. The molecule has 0 fully saturated rings. The van der Waals surface area contributed by atoms with Crippen molar-refractivity contribution in [3.63, 3.8) is 0 Å². The molecular formula is C13H14BrClO. The summed E-state index contributed by atoms with van der Waals surface area (Å²) in [5, 5.41) is 10.3. The minimum Gasteiger partial charge on any atom is -0.389 e. The van der Waals surface area contributed by atoms with Crippen molar-refractivity contribution in [2.75, 3.05) is 0 Å². The van der Waals surface area contributed by atoms with Crippen molar-refractivity contribution in [3.8, 4) is 0 Å². The molecule has 1 aromatic carbocycles.